The summed E-state index contributed by atoms with van der Waals surface area (Å²) >= 11 is 0. The van der Waals surface area contributed by atoms with E-state index in [1.807, 2.05) is 0 Å². The Morgan fingerprint density at radius 3 is 0.929 bits per heavy atom. The Kier molecular flexibility index (Phi) is 43.9. The highest BCUT2D eigenvalue weighted by Crippen LogP contribution is 2.15. The fourth-order valence-corrected chi connectivity index (χ4v) is 6.96. The molecule has 0 rings (SSSR count). The van der Waals surface area contributed by atoms with Gasteiger partial charge in [0.15, 0.2) is 6.10 Å². The highest BCUT2D eigenvalue weighted by atomic mass is 16.6. The zero-order valence-electron chi connectivity index (χ0n) is 37.4. The maximum atomic E-state index is 12.7. The molecule has 0 aromatic rings. The Morgan fingerprint density at radius 1 is 0.339 bits per heavy atom. The van der Waals surface area contributed by atoms with Gasteiger partial charge < -0.3 is 14.2 Å². The summed E-state index contributed by atoms with van der Waals surface area (Å²) < 4.78 is 16.7. The van der Waals surface area contributed by atoms with Crippen molar-refractivity contribution in [1.82, 2.24) is 0 Å². The van der Waals surface area contributed by atoms with E-state index in [1.165, 1.54) is 148 Å². The first-order valence-electron chi connectivity index (χ1n) is 24.3. The third-order valence-electron chi connectivity index (χ3n) is 10.7. The molecule has 0 bridgehead atoms. The second kappa shape index (κ2) is 45.6. The van der Waals surface area contributed by atoms with Crippen molar-refractivity contribution in [1.29, 1.82) is 0 Å². The van der Waals surface area contributed by atoms with E-state index in [0.717, 1.165) is 70.6 Å². The van der Waals surface area contributed by atoms with Gasteiger partial charge in [-0.1, -0.05) is 193 Å². The maximum Gasteiger partial charge on any atom is 0.306 e. The highest BCUT2D eigenvalue weighted by molar-refractivity contribution is 5.71. The molecule has 0 aliphatic heterocycles. The number of carbonyl (C=O) groups excluding carboxylic acids is 3. The zero-order valence-corrected chi connectivity index (χ0v) is 37.4. The van der Waals surface area contributed by atoms with Crippen molar-refractivity contribution in [2.75, 3.05) is 13.2 Å². The predicted molar refractivity (Wildman–Crippen MR) is 238 cm³/mol. The van der Waals surface area contributed by atoms with Gasteiger partial charge in [0.1, 0.15) is 13.2 Å². The lowest BCUT2D eigenvalue weighted by atomic mass is 10.0. The molecule has 0 fully saturated rings. The van der Waals surface area contributed by atoms with Crippen molar-refractivity contribution < 1.29 is 28.6 Å². The summed E-state index contributed by atoms with van der Waals surface area (Å²) in [6, 6.07) is 0. The molecule has 6 heteroatoms. The lowest BCUT2D eigenvalue weighted by molar-refractivity contribution is -0.167. The molecule has 0 saturated heterocycles. The smallest absolute Gasteiger partial charge is 0.306 e. The Bertz CT molecular complexity index is 911. The zero-order chi connectivity index (χ0) is 40.8. The molecule has 0 saturated carbocycles. The van der Waals surface area contributed by atoms with Crippen molar-refractivity contribution in [2.24, 2.45) is 0 Å². The number of hydrogen-bond donors (Lipinski definition) is 0. The lowest BCUT2D eigenvalue weighted by Gasteiger charge is -2.18. The summed E-state index contributed by atoms with van der Waals surface area (Å²) in [4.78, 5) is 37.8. The van der Waals surface area contributed by atoms with Gasteiger partial charge >= 0.3 is 17.9 Å². The van der Waals surface area contributed by atoms with Gasteiger partial charge in [0.2, 0.25) is 0 Å². The second-order valence-electron chi connectivity index (χ2n) is 16.4. The molecule has 1 unspecified atom stereocenters. The van der Waals surface area contributed by atoms with Gasteiger partial charge in [-0.2, -0.15) is 0 Å². The van der Waals surface area contributed by atoms with Crippen LogP contribution in [0.4, 0.5) is 0 Å². The number of rotatable bonds is 44. The molecule has 0 spiro atoms. The molecule has 0 heterocycles. The van der Waals surface area contributed by atoms with Crippen LogP contribution in [0.5, 0.6) is 0 Å². The van der Waals surface area contributed by atoms with Crippen LogP contribution < -0.4 is 0 Å². The van der Waals surface area contributed by atoms with Crippen molar-refractivity contribution in [3.8, 4) is 0 Å². The summed E-state index contributed by atoms with van der Waals surface area (Å²) in [5, 5.41) is 0. The molecular formula is C50H92O6. The summed E-state index contributed by atoms with van der Waals surface area (Å²) in [7, 11) is 0. The number of ether oxygens (including phenoxy) is 3. The Labute approximate surface area is 347 Å². The maximum absolute atomic E-state index is 12.7. The highest BCUT2D eigenvalue weighted by Gasteiger charge is 2.19. The third kappa shape index (κ3) is 43.0. The van der Waals surface area contributed by atoms with Crippen LogP contribution >= 0.6 is 0 Å². The number of carbonyl (C=O) groups is 3. The molecule has 6 nitrogen and oxygen atoms in total. The molecule has 0 aliphatic rings. The van der Waals surface area contributed by atoms with E-state index in [9.17, 15) is 14.4 Å². The van der Waals surface area contributed by atoms with E-state index in [1.54, 1.807) is 0 Å². The van der Waals surface area contributed by atoms with Crippen LogP contribution in [0.2, 0.25) is 0 Å². The first-order chi connectivity index (χ1) is 27.5. The van der Waals surface area contributed by atoms with E-state index in [2.05, 4.69) is 45.1 Å². The number of allylic oxidation sites excluding steroid dienone is 4. The van der Waals surface area contributed by atoms with Crippen LogP contribution in [0.15, 0.2) is 24.3 Å². The molecule has 0 amide bonds. The standard InChI is InChI=1S/C50H92O6/c1-4-7-10-13-16-19-22-25-26-29-31-34-37-40-43-49(52)55-46-47(56-50(53)44-41-38-35-32-28-24-21-18-15-12-9-6-3)45-54-48(51)42-39-36-33-30-27-23-20-17-14-11-8-5-2/h17-18,20-21,47H,4-16,19,22-46H2,1-3H3/b20-17-,21-18-. The largest absolute Gasteiger partial charge is 0.462 e. The van der Waals surface area contributed by atoms with Gasteiger partial charge in [-0.05, 0) is 70.6 Å². The minimum atomic E-state index is -0.772. The van der Waals surface area contributed by atoms with Gasteiger partial charge in [-0.15, -0.1) is 0 Å². The number of hydrogen-bond acceptors (Lipinski definition) is 6. The van der Waals surface area contributed by atoms with Crippen molar-refractivity contribution >= 4 is 17.9 Å². The quantitative estimate of drug-likeness (QED) is 0.0265. The van der Waals surface area contributed by atoms with Gasteiger partial charge in [-0.25, -0.2) is 0 Å². The minimum Gasteiger partial charge on any atom is -0.462 e. The van der Waals surface area contributed by atoms with Crippen LogP contribution in [-0.4, -0.2) is 37.2 Å². The van der Waals surface area contributed by atoms with E-state index >= 15 is 0 Å². The summed E-state index contributed by atoms with van der Waals surface area (Å²) in [5.41, 5.74) is 0. The normalized spacial score (nSPS) is 12.1. The fourth-order valence-electron chi connectivity index (χ4n) is 6.96. The first kappa shape index (κ1) is 53.9. The molecule has 0 N–H and O–H groups in total. The lowest BCUT2D eigenvalue weighted by Crippen LogP contribution is -2.30. The van der Waals surface area contributed by atoms with Crippen LogP contribution in [0.3, 0.4) is 0 Å². The summed E-state index contributed by atoms with van der Waals surface area (Å²) in [6.07, 6.45) is 50.1. The number of unbranched alkanes of at least 4 members (excludes halogenated alkanes) is 29. The van der Waals surface area contributed by atoms with Gasteiger partial charge in [0, 0.05) is 19.3 Å². The van der Waals surface area contributed by atoms with Gasteiger partial charge in [0.25, 0.3) is 0 Å². The van der Waals surface area contributed by atoms with Crippen molar-refractivity contribution in [3.05, 3.63) is 24.3 Å². The van der Waals surface area contributed by atoms with Crippen LogP contribution in [0, 0.1) is 0 Å². The average molecular weight is 789 g/mol. The minimum absolute atomic E-state index is 0.0739. The van der Waals surface area contributed by atoms with Crippen LogP contribution in [0.1, 0.15) is 258 Å². The SMILES string of the molecule is CCCCC/C=C\CCCCCCCC(=O)OCC(COC(=O)CCCCCCCCCCCCCCCC)OC(=O)CCCCCCC/C=C\CCCCC. The predicted octanol–water partition coefficient (Wildman–Crippen LogP) is 15.6. The molecular weight excluding hydrogens is 697 g/mol. The molecule has 0 radical (unpaired) electrons. The summed E-state index contributed by atoms with van der Waals surface area (Å²) in [5.74, 6) is -0.885. The van der Waals surface area contributed by atoms with E-state index < -0.39 is 6.10 Å². The Hall–Kier alpha value is -2.11. The van der Waals surface area contributed by atoms with Gasteiger partial charge in [-0.3, -0.25) is 14.4 Å². The van der Waals surface area contributed by atoms with Crippen molar-refractivity contribution in [3.63, 3.8) is 0 Å². The summed E-state index contributed by atoms with van der Waals surface area (Å²) in [6.45, 7) is 6.59. The average Bonchev–Trinajstić information content (AvgIpc) is 3.19. The van der Waals surface area contributed by atoms with Crippen LogP contribution in [-0.2, 0) is 28.6 Å². The Morgan fingerprint density at radius 2 is 0.589 bits per heavy atom. The third-order valence-corrected chi connectivity index (χ3v) is 10.7. The molecule has 0 aromatic heterocycles. The van der Waals surface area contributed by atoms with E-state index in [0.29, 0.717) is 19.3 Å². The molecule has 56 heavy (non-hydrogen) atoms. The van der Waals surface area contributed by atoms with Gasteiger partial charge in [0.05, 0.1) is 0 Å². The topological polar surface area (TPSA) is 78.9 Å². The molecule has 0 aliphatic carbocycles. The fraction of sp³-hybridized carbons (Fsp3) is 0.860. The molecule has 1 atom stereocenters. The first-order valence-corrected chi connectivity index (χ1v) is 24.3. The molecule has 328 valence electrons. The van der Waals surface area contributed by atoms with Crippen LogP contribution in [0.25, 0.3) is 0 Å². The van der Waals surface area contributed by atoms with Crippen molar-refractivity contribution in [2.45, 2.75) is 264 Å². The molecule has 0 aromatic carbocycles. The monoisotopic (exact) mass is 789 g/mol. The number of esters is 3. The van der Waals surface area contributed by atoms with E-state index in [-0.39, 0.29) is 31.1 Å². The second-order valence-corrected chi connectivity index (χ2v) is 16.4. The van der Waals surface area contributed by atoms with E-state index in [4.69, 9.17) is 14.2 Å². The Balaban J connectivity index is 4.36.